The highest BCUT2D eigenvalue weighted by Gasteiger charge is 2.28. The topological polar surface area (TPSA) is 69.6 Å². The van der Waals surface area contributed by atoms with Crippen LogP contribution in [0.15, 0.2) is 46.9 Å². The van der Waals surface area contributed by atoms with Crippen LogP contribution in [0.3, 0.4) is 0 Å². The average Bonchev–Trinajstić information content (AvgIpc) is 2.64. The molecular formula is C19H18BrClN2O3. The first-order valence-corrected chi connectivity index (χ1v) is 9.45. The van der Waals surface area contributed by atoms with Gasteiger partial charge in [-0.1, -0.05) is 27.5 Å². The molecule has 0 radical (unpaired) electrons. The fourth-order valence-electron chi connectivity index (χ4n) is 2.99. The van der Waals surface area contributed by atoms with E-state index < -0.39 is 0 Å². The van der Waals surface area contributed by atoms with E-state index in [4.69, 9.17) is 11.6 Å². The van der Waals surface area contributed by atoms with Gasteiger partial charge in [-0.15, -0.1) is 0 Å². The number of nitrogens with one attached hydrogen (secondary N) is 1. The Kier molecular flexibility index (Phi) is 5.84. The van der Waals surface area contributed by atoms with Crippen molar-refractivity contribution in [2.75, 3.05) is 18.4 Å². The minimum absolute atomic E-state index is 0.0565. The molecule has 0 atom stereocenters. The number of phenolic OH excluding ortho intramolecular Hbond substituents is 1. The SMILES string of the molecule is O=C(c1ccc(O)cc1)C1CCN(C(=O)Nc2ccc(Br)cc2Cl)CC1. The van der Waals surface area contributed by atoms with Crippen molar-refractivity contribution in [3.8, 4) is 5.75 Å². The van der Waals surface area contributed by atoms with Crippen molar-refractivity contribution in [3.05, 3.63) is 57.5 Å². The highest BCUT2D eigenvalue weighted by molar-refractivity contribution is 9.10. The number of phenols is 1. The third-order valence-corrected chi connectivity index (χ3v) is 5.28. The molecule has 2 amide bonds. The van der Waals surface area contributed by atoms with Gasteiger partial charge in [-0.05, 0) is 55.3 Å². The molecule has 7 heteroatoms. The number of carbonyl (C=O) groups excluding carboxylic acids is 2. The number of rotatable bonds is 3. The van der Waals surface area contributed by atoms with E-state index >= 15 is 0 Å². The Morgan fingerprint density at radius 3 is 2.38 bits per heavy atom. The number of nitrogens with zero attached hydrogens (tertiary/aromatic N) is 1. The van der Waals surface area contributed by atoms with Crippen molar-refractivity contribution in [1.82, 2.24) is 4.90 Å². The first kappa shape index (κ1) is 18.7. The summed E-state index contributed by atoms with van der Waals surface area (Å²) in [6.07, 6.45) is 1.22. The standard InChI is InChI=1S/C19H18BrClN2O3/c20-14-3-6-17(16(21)11-14)22-19(26)23-9-7-13(8-10-23)18(25)12-1-4-15(24)5-2-12/h1-6,11,13,24H,7-10H2,(H,22,26). The molecule has 0 spiro atoms. The Bertz CT molecular complexity index is 818. The summed E-state index contributed by atoms with van der Waals surface area (Å²) in [4.78, 5) is 26.6. The van der Waals surface area contributed by atoms with Gasteiger partial charge in [-0.2, -0.15) is 0 Å². The number of ketones is 1. The van der Waals surface area contributed by atoms with Crippen LogP contribution in [0.2, 0.25) is 5.02 Å². The number of likely N-dealkylation sites (tertiary alicyclic amines) is 1. The van der Waals surface area contributed by atoms with Crippen molar-refractivity contribution in [3.63, 3.8) is 0 Å². The number of hydrogen-bond donors (Lipinski definition) is 2. The summed E-state index contributed by atoms with van der Waals surface area (Å²) in [7, 11) is 0. The first-order valence-electron chi connectivity index (χ1n) is 8.28. The van der Waals surface area contributed by atoms with E-state index in [0.717, 1.165) is 4.47 Å². The van der Waals surface area contributed by atoms with Crippen molar-refractivity contribution in [1.29, 1.82) is 0 Å². The molecule has 2 aromatic carbocycles. The predicted molar refractivity (Wildman–Crippen MR) is 105 cm³/mol. The van der Waals surface area contributed by atoms with Gasteiger partial charge in [0.1, 0.15) is 5.75 Å². The van der Waals surface area contributed by atoms with Crippen LogP contribution in [-0.2, 0) is 0 Å². The number of hydrogen-bond acceptors (Lipinski definition) is 3. The van der Waals surface area contributed by atoms with E-state index in [1.54, 1.807) is 29.2 Å². The number of Topliss-reactive ketones (excluding diaryl/α,β-unsaturated/α-hetero) is 1. The van der Waals surface area contributed by atoms with Gasteiger partial charge in [-0.25, -0.2) is 4.79 Å². The molecule has 1 saturated heterocycles. The number of benzene rings is 2. The van der Waals surface area contributed by atoms with Crippen molar-refractivity contribution >= 4 is 45.0 Å². The van der Waals surface area contributed by atoms with Crippen molar-refractivity contribution in [2.24, 2.45) is 5.92 Å². The fourth-order valence-corrected chi connectivity index (χ4v) is 3.71. The van der Waals surface area contributed by atoms with Gasteiger partial charge < -0.3 is 15.3 Å². The van der Waals surface area contributed by atoms with Gasteiger partial charge in [0.25, 0.3) is 0 Å². The van der Waals surface area contributed by atoms with Crippen molar-refractivity contribution < 1.29 is 14.7 Å². The van der Waals surface area contributed by atoms with Crippen LogP contribution in [0, 0.1) is 5.92 Å². The van der Waals surface area contributed by atoms with Crippen molar-refractivity contribution in [2.45, 2.75) is 12.8 Å². The Morgan fingerprint density at radius 2 is 1.77 bits per heavy atom. The van der Waals surface area contributed by atoms with Crippen LogP contribution in [-0.4, -0.2) is 34.9 Å². The molecule has 2 aromatic rings. The molecule has 0 bridgehead atoms. The van der Waals surface area contributed by atoms with Gasteiger partial charge in [0.2, 0.25) is 0 Å². The van der Waals surface area contributed by atoms with Gasteiger partial charge in [0.05, 0.1) is 10.7 Å². The quantitative estimate of drug-likeness (QED) is 0.669. The van der Waals surface area contributed by atoms with Crippen LogP contribution < -0.4 is 5.32 Å². The first-order chi connectivity index (χ1) is 12.4. The maximum absolute atomic E-state index is 12.5. The summed E-state index contributed by atoms with van der Waals surface area (Å²) >= 11 is 9.46. The van der Waals surface area contributed by atoms with E-state index in [-0.39, 0.29) is 23.5 Å². The molecule has 3 rings (SSSR count). The average molecular weight is 438 g/mol. The van der Waals surface area contributed by atoms with E-state index in [9.17, 15) is 14.7 Å². The lowest BCUT2D eigenvalue weighted by Crippen LogP contribution is -2.42. The van der Waals surface area contributed by atoms with Crippen LogP contribution >= 0.6 is 27.5 Å². The monoisotopic (exact) mass is 436 g/mol. The normalized spacial score (nSPS) is 14.9. The summed E-state index contributed by atoms with van der Waals surface area (Å²) in [5, 5.41) is 12.6. The zero-order valence-electron chi connectivity index (χ0n) is 13.9. The van der Waals surface area contributed by atoms with Crippen LogP contribution in [0.4, 0.5) is 10.5 Å². The number of carbonyl (C=O) groups is 2. The zero-order chi connectivity index (χ0) is 18.7. The predicted octanol–water partition coefficient (Wildman–Crippen LogP) is 4.93. The van der Waals surface area contributed by atoms with Gasteiger partial charge in [0.15, 0.2) is 5.78 Å². The number of amides is 2. The Hall–Kier alpha value is -2.05. The minimum Gasteiger partial charge on any atom is -0.508 e. The second-order valence-electron chi connectivity index (χ2n) is 6.23. The lowest BCUT2D eigenvalue weighted by molar-refractivity contribution is 0.0859. The third kappa shape index (κ3) is 4.37. The molecular weight excluding hydrogens is 420 g/mol. The molecule has 0 saturated carbocycles. The smallest absolute Gasteiger partial charge is 0.321 e. The number of aromatic hydroxyl groups is 1. The second kappa shape index (κ2) is 8.10. The van der Waals surface area contributed by atoms with E-state index in [1.165, 1.54) is 12.1 Å². The molecule has 1 aliphatic rings. The van der Waals surface area contributed by atoms with Crippen LogP contribution in [0.1, 0.15) is 23.2 Å². The van der Waals surface area contributed by atoms with E-state index in [1.807, 2.05) is 6.07 Å². The molecule has 0 aromatic heterocycles. The van der Waals surface area contributed by atoms with Crippen LogP contribution in [0.25, 0.3) is 0 Å². The number of urea groups is 1. The largest absolute Gasteiger partial charge is 0.508 e. The third-order valence-electron chi connectivity index (χ3n) is 4.48. The lowest BCUT2D eigenvalue weighted by atomic mass is 9.89. The molecule has 5 nitrogen and oxygen atoms in total. The molecule has 26 heavy (non-hydrogen) atoms. The van der Waals surface area contributed by atoms with E-state index in [0.29, 0.717) is 42.2 Å². The zero-order valence-corrected chi connectivity index (χ0v) is 16.3. The summed E-state index contributed by atoms with van der Waals surface area (Å²) in [6, 6.07) is 11.3. The highest BCUT2D eigenvalue weighted by atomic mass is 79.9. The minimum atomic E-state index is -0.218. The Balaban J connectivity index is 1.56. The molecule has 1 aliphatic heterocycles. The lowest BCUT2D eigenvalue weighted by Gasteiger charge is -2.31. The number of anilines is 1. The molecule has 2 N–H and O–H groups in total. The second-order valence-corrected chi connectivity index (χ2v) is 7.55. The Labute approximate surface area is 165 Å². The molecule has 0 unspecified atom stereocenters. The highest BCUT2D eigenvalue weighted by Crippen LogP contribution is 2.27. The summed E-state index contributed by atoms with van der Waals surface area (Å²) < 4.78 is 0.842. The van der Waals surface area contributed by atoms with E-state index in [2.05, 4.69) is 21.2 Å². The van der Waals surface area contributed by atoms with Crippen LogP contribution in [0.5, 0.6) is 5.75 Å². The molecule has 0 aliphatic carbocycles. The fraction of sp³-hybridized carbons (Fsp3) is 0.263. The summed E-state index contributed by atoms with van der Waals surface area (Å²) in [6.45, 7) is 1.02. The molecule has 1 heterocycles. The summed E-state index contributed by atoms with van der Waals surface area (Å²) in [5.41, 5.74) is 1.15. The van der Waals surface area contributed by atoms with Gasteiger partial charge in [0, 0.05) is 29.0 Å². The Morgan fingerprint density at radius 1 is 1.12 bits per heavy atom. The summed E-state index contributed by atoms with van der Waals surface area (Å²) in [5.74, 6) is 0.0838. The van der Waals surface area contributed by atoms with Gasteiger partial charge >= 0.3 is 6.03 Å². The maximum atomic E-state index is 12.5. The molecule has 1 fully saturated rings. The molecule has 136 valence electrons. The van der Waals surface area contributed by atoms with Gasteiger partial charge in [-0.3, -0.25) is 4.79 Å². The number of halogens is 2. The number of piperidine rings is 1. The maximum Gasteiger partial charge on any atom is 0.321 e.